The minimum Gasteiger partial charge on any atom is -1.00 e. The van der Waals surface area contributed by atoms with Crippen molar-refractivity contribution in [2.75, 3.05) is 40.3 Å². The van der Waals surface area contributed by atoms with E-state index in [9.17, 15) is 20.4 Å². The molecule has 7 N–H and O–H groups in total. The van der Waals surface area contributed by atoms with Crippen LogP contribution in [0.1, 0.15) is 6.42 Å². The zero-order valence-electron chi connectivity index (χ0n) is 13.0. The molecule has 134 valence electrons. The van der Waals surface area contributed by atoms with Gasteiger partial charge in [0, 0.05) is 6.42 Å². The van der Waals surface area contributed by atoms with E-state index in [1.54, 1.807) is 0 Å². The van der Waals surface area contributed by atoms with Gasteiger partial charge in [0.25, 0.3) is 0 Å². The van der Waals surface area contributed by atoms with Gasteiger partial charge in [-0.15, -0.1) is 0 Å². The summed E-state index contributed by atoms with van der Waals surface area (Å²) in [5.74, 6) is 0. The van der Waals surface area contributed by atoms with Crippen LogP contribution >= 0.6 is 0 Å². The van der Waals surface area contributed by atoms with E-state index in [1.165, 1.54) is 0 Å². The fourth-order valence-electron chi connectivity index (χ4n) is 2.67. The molecule has 1 fully saturated rings. The Morgan fingerprint density at radius 1 is 1.14 bits per heavy atom. The van der Waals surface area contributed by atoms with Gasteiger partial charge >= 0.3 is 0 Å². The molecule has 0 aromatic rings. The zero-order valence-corrected chi connectivity index (χ0v) is 13.8. The van der Waals surface area contributed by atoms with Crippen molar-refractivity contribution in [3.8, 4) is 0 Å². The van der Waals surface area contributed by atoms with Crippen LogP contribution in [-0.2, 0) is 4.74 Å². The molecule has 0 aromatic carbocycles. The summed E-state index contributed by atoms with van der Waals surface area (Å²) >= 11 is 0. The Labute approximate surface area is 137 Å². The van der Waals surface area contributed by atoms with Gasteiger partial charge in [0.1, 0.15) is 43.2 Å². The molecule has 1 saturated heterocycles. The molecule has 9 heteroatoms. The Balaban J connectivity index is 0.00000441. The quantitative estimate of drug-likeness (QED) is 0.253. The number of rotatable bonds is 7. The maximum Gasteiger partial charge on any atom is 0.132 e. The fraction of sp³-hybridized carbons (Fsp3) is 1.00. The van der Waals surface area contributed by atoms with Gasteiger partial charge in [-0.05, 0) is 6.54 Å². The molecule has 8 nitrogen and oxygen atoms in total. The lowest BCUT2D eigenvalue weighted by molar-refractivity contribution is -0.894. The molecule has 0 bridgehead atoms. The SMILES string of the molecule is C[N+](C)(CCCN)CC(O)C1O[C@H](CO)[C@@H](O)[C@H](O)[C@H]1O.[Cl-]. The third-order valence-electron chi connectivity index (χ3n) is 3.96. The summed E-state index contributed by atoms with van der Waals surface area (Å²) < 4.78 is 5.83. The number of halogens is 1. The van der Waals surface area contributed by atoms with Crippen molar-refractivity contribution in [2.45, 2.75) is 43.0 Å². The van der Waals surface area contributed by atoms with Gasteiger partial charge in [0.2, 0.25) is 0 Å². The average molecular weight is 345 g/mol. The van der Waals surface area contributed by atoms with Gasteiger partial charge in [0.15, 0.2) is 0 Å². The van der Waals surface area contributed by atoms with Gasteiger partial charge in [-0.1, -0.05) is 0 Å². The fourth-order valence-corrected chi connectivity index (χ4v) is 2.67. The molecule has 22 heavy (non-hydrogen) atoms. The molecule has 0 saturated carbocycles. The number of aliphatic hydroxyl groups is 5. The first-order valence-corrected chi connectivity index (χ1v) is 7.24. The molecule has 1 heterocycles. The van der Waals surface area contributed by atoms with Crippen molar-refractivity contribution in [1.82, 2.24) is 0 Å². The molecule has 6 atom stereocenters. The van der Waals surface area contributed by atoms with Crippen molar-refractivity contribution in [3.63, 3.8) is 0 Å². The molecule has 1 rings (SSSR count). The Morgan fingerprint density at radius 3 is 2.23 bits per heavy atom. The monoisotopic (exact) mass is 344 g/mol. The lowest BCUT2D eigenvalue weighted by atomic mass is 9.92. The topological polar surface area (TPSA) is 136 Å². The van der Waals surface area contributed by atoms with Crippen molar-refractivity contribution >= 4 is 0 Å². The standard InChI is InChI=1S/C13H29N2O6.ClH/c1-15(2,5-3-4-14)6-8(17)13-12(20)11(19)10(18)9(7-16)21-13;/h8-13,16-20H,3-7,14H2,1-2H3;1H/q+1;/p-1/t8?,9-,10-,11+,12-,13?;/m1./s1. The maximum absolute atomic E-state index is 10.3. The van der Waals surface area contributed by atoms with Crippen molar-refractivity contribution in [2.24, 2.45) is 5.73 Å². The van der Waals surface area contributed by atoms with E-state index in [-0.39, 0.29) is 12.4 Å². The van der Waals surface area contributed by atoms with Crippen molar-refractivity contribution in [3.05, 3.63) is 0 Å². The number of ether oxygens (including phenoxy) is 1. The van der Waals surface area contributed by atoms with Crippen LogP contribution in [0.15, 0.2) is 0 Å². The van der Waals surface area contributed by atoms with Crippen LogP contribution in [0, 0.1) is 0 Å². The molecular weight excluding hydrogens is 316 g/mol. The number of nitrogens with two attached hydrogens (primary N) is 1. The highest BCUT2D eigenvalue weighted by molar-refractivity contribution is 4.94. The summed E-state index contributed by atoms with van der Waals surface area (Å²) in [7, 11) is 3.84. The van der Waals surface area contributed by atoms with Crippen LogP contribution in [0.4, 0.5) is 0 Å². The van der Waals surface area contributed by atoms with E-state index in [0.717, 1.165) is 13.0 Å². The minimum absolute atomic E-state index is 0. The molecular formula is C13H29ClN2O6. The van der Waals surface area contributed by atoms with Crippen LogP contribution < -0.4 is 18.1 Å². The summed E-state index contributed by atoms with van der Waals surface area (Å²) in [6.07, 6.45) is -6.58. The summed E-state index contributed by atoms with van der Waals surface area (Å²) in [5, 5.41) is 48.8. The highest BCUT2D eigenvalue weighted by Gasteiger charge is 2.47. The molecule has 2 unspecified atom stereocenters. The number of likely N-dealkylation sites (N-methyl/N-ethyl adjacent to an activating group) is 1. The molecule has 0 aromatic heterocycles. The summed E-state index contributed by atoms with van der Waals surface area (Å²) in [5.41, 5.74) is 5.48. The maximum atomic E-state index is 10.3. The molecule has 1 aliphatic heterocycles. The highest BCUT2D eigenvalue weighted by Crippen LogP contribution is 2.24. The summed E-state index contributed by atoms with van der Waals surface area (Å²) in [4.78, 5) is 0. The highest BCUT2D eigenvalue weighted by atomic mass is 35.5. The number of hydrogen-bond acceptors (Lipinski definition) is 7. The van der Waals surface area contributed by atoms with Gasteiger partial charge in [0.05, 0.1) is 27.2 Å². The largest absolute Gasteiger partial charge is 1.00 e. The first-order chi connectivity index (χ1) is 9.73. The van der Waals surface area contributed by atoms with Gasteiger partial charge < -0.3 is 52.9 Å². The number of quaternary nitrogens is 1. The molecule has 0 radical (unpaired) electrons. The second-order valence-corrected chi connectivity index (χ2v) is 6.34. The average Bonchev–Trinajstić information content (AvgIpc) is 2.42. The smallest absolute Gasteiger partial charge is 0.132 e. The van der Waals surface area contributed by atoms with Crippen LogP contribution in [0.5, 0.6) is 0 Å². The lowest BCUT2D eigenvalue weighted by Crippen LogP contribution is -3.00. The van der Waals surface area contributed by atoms with E-state index in [0.29, 0.717) is 17.6 Å². The number of hydrogen-bond donors (Lipinski definition) is 6. The van der Waals surface area contributed by atoms with Gasteiger partial charge in [-0.25, -0.2) is 0 Å². The third kappa shape index (κ3) is 5.55. The van der Waals surface area contributed by atoms with Crippen LogP contribution in [0.2, 0.25) is 0 Å². The van der Waals surface area contributed by atoms with E-state index in [2.05, 4.69) is 0 Å². The van der Waals surface area contributed by atoms with Crippen LogP contribution in [0.3, 0.4) is 0 Å². The van der Waals surface area contributed by atoms with E-state index in [4.69, 9.17) is 15.6 Å². The molecule has 0 amide bonds. The predicted octanol–water partition coefficient (Wildman–Crippen LogP) is -6.38. The first kappa shape index (κ1) is 22.0. The number of aliphatic hydroxyl groups excluding tert-OH is 5. The van der Waals surface area contributed by atoms with Crippen LogP contribution in [-0.4, -0.2) is 107 Å². The predicted molar refractivity (Wildman–Crippen MR) is 75.3 cm³/mol. The second kappa shape index (κ2) is 9.31. The third-order valence-corrected chi connectivity index (χ3v) is 3.96. The Bertz CT molecular complexity index is 321. The second-order valence-electron chi connectivity index (χ2n) is 6.34. The van der Waals surface area contributed by atoms with Crippen molar-refractivity contribution in [1.29, 1.82) is 0 Å². The lowest BCUT2D eigenvalue weighted by Gasteiger charge is -2.43. The molecule has 0 aliphatic carbocycles. The van der Waals surface area contributed by atoms with E-state index < -0.39 is 43.2 Å². The number of nitrogens with zero attached hydrogens (tertiary/aromatic N) is 1. The van der Waals surface area contributed by atoms with Gasteiger partial charge in [-0.3, -0.25) is 0 Å². The molecule has 1 aliphatic rings. The zero-order chi connectivity index (χ0) is 16.2. The normalized spacial score (nSPS) is 34.1. The van der Waals surface area contributed by atoms with E-state index in [1.807, 2.05) is 14.1 Å². The summed E-state index contributed by atoms with van der Waals surface area (Å²) in [6, 6.07) is 0. The van der Waals surface area contributed by atoms with E-state index >= 15 is 0 Å². The summed E-state index contributed by atoms with van der Waals surface area (Å²) in [6.45, 7) is 1.10. The van der Waals surface area contributed by atoms with Gasteiger partial charge in [-0.2, -0.15) is 0 Å². The molecule has 0 spiro atoms. The van der Waals surface area contributed by atoms with Crippen molar-refractivity contribution < 1.29 is 47.2 Å². The minimum atomic E-state index is -1.46. The van der Waals surface area contributed by atoms with Crippen LogP contribution in [0.25, 0.3) is 0 Å². The Hall–Kier alpha value is -0.0300. The Morgan fingerprint density at radius 2 is 1.73 bits per heavy atom. The Kier molecular flexibility index (Phi) is 9.30. The first-order valence-electron chi connectivity index (χ1n) is 7.24.